The van der Waals surface area contributed by atoms with E-state index in [-0.39, 0.29) is 24.1 Å². The zero-order valence-electron chi connectivity index (χ0n) is 18.9. The summed E-state index contributed by atoms with van der Waals surface area (Å²) in [6.45, 7) is 5.76. The molecule has 3 atom stereocenters. The summed E-state index contributed by atoms with van der Waals surface area (Å²) in [5, 5.41) is 5.89. The molecule has 2 N–H and O–H groups in total. The average Bonchev–Trinajstić information content (AvgIpc) is 3.13. The van der Waals surface area contributed by atoms with Crippen LogP contribution in [0, 0.1) is 5.92 Å². The number of rotatable bonds is 4. The van der Waals surface area contributed by atoms with Crippen molar-refractivity contribution in [2.75, 3.05) is 13.1 Å². The molecule has 1 unspecified atom stereocenters. The number of imide groups is 1. The minimum absolute atomic E-state index is 0.0619. The fourth-order valence-corrected chi connectivity index (χ4v) is 6.31. The van der Waals surface area contributed by atoms with Crippen LogP contribution < -0.4 is 10.6 Å². The summed E-state index contributed by atoms with van der Waals surface area (Å²) >= 11 is 0. The molecule has 3 amide bonds. The van der Waals surface area contributed by atoms with Gasteiger partial charge in [0.1, 0.15) is 6.04 Å². The number of fused-ring (bicyclic) bond motifs is 1. The van der Waals surface area contributed by atoms with Crippen molar-refractivity contribution in [3.05, 3.63) is 34.9 Å². The lowest BCUT2D eigenvalue weighted by Crippen LogP contribution is -2.52. The maximum absolute atomic E-state index is 13.5. The summed E-state index contributed by atoms with van der Waals surface area (Å²) in [5.41, 5.74) is 2.86. The highest BCUT2D eigenvalue weighted by molar-refractivity contribution is 6.06. The van der Waals surface area contributed by atoms with E-state index in [4.69, 9.17) is 0 Å². The maximum Gasteiger partial charge on any atom is 0.255 e. The van der Waals surface area contributed by atoms with Crippen LogP contribution in [0.5, 0.6) is 0 Å². The first-order valence-corrected chi connectivity index (χ1v) is 12.2. The molecule has 3 fully saturated rings. The molecule has 4 heterocycles. The molecule has 172 valence electrons. The topological polar surface area (TPSA) is 81.8 Å². The molecule has 0 bridgehead atoms. The lowest BCUT2D eigenvalue weighted by molar-refractivity contribution is -0.136. The SMILES string of the molecule is C[C@@H]1CCC[C@H](C2CCNCC2)N1Cc1cccc2c1C(=O)N(C1CCC(=O)NC1=O)C2. The Labute approximate surface area is 189 Å². The molecule has 1 aromatic rings. The summed E-state index contributed by atoms with van der Waals surface area (Å²) in [6.07, 6.45) is 6.86. The molecule has 1 aromatic carbocycles. The summed E-state index contributed by atoms with van der Waals surface area (Å²) in [5.74, 6) is 0.0540. The molecular formula is C25H34N4O3. The molecule has 4 aliphatic rings. The van der Waals surface area contributed by atoms with Crippen molar-refractivity contribution in [3.63, 3.8) is 0 Å². The summed E-state index contributed by atoms with van der Waals surface area (Å²) in [6, 6.07) is 6.65. The van der Waals surface area contributed by atoms with Crippen molar-refractivity contribution in [3.8, 4) is 0 Å². The van der Waals surface area contributed by atoms with Crippen LogP contribution in [-0.2, 0) is 22.7 Å². The van der Waals surface area contributed by atoms with Crippen LogP contribution in [-0.4, -0.2) is 58.7 Å². The van der Waals surface area contributed by atoms with Gasteiger partial charge in [-0.25, -0.2) is 0 Å². The van der Waals surface area contributed by atoms with Gasteiger partial charge in [0.05, 0.1) is 0 Å². The van der Waals surface area contributed by atoms with Crippen molar-refractivity contribution < 1.29 is 14.4 Å². The van der Waals surface area contributed by atoms with E-state index in [1.807, 2.05) is 12.1 Å². The molecule has 0 aromatic heterocycles. The quantitative estimate of drug-likeness (QED) is 0.705. The lowest BCUT2D eigenvalue weighted by atomic mass is 9.82. The second-order valence-corrected chi connectivity index (χ2v) is 9.96. The standard InChI is InChI=1S/C25H34N4O3/c1-16-4-2-7-20(17-10-12-26-13-11-17)28(16)14-18-5-3-6-19-15-29(25(32)23(18)19)21-8-9-22(30)27-24(21)31/h3,5-6,16-17,20-21,26H,2,4,7-15H2,1H3,(H,27,30,31)/t16-,20-,21?/m1/s1. The lowest BCUT2D eigenvalue weighted by Gasteiger charge is -2.46. The number of piperidine rings is 3. The second-order valence-electron chi connectivity index (χ2n) is 9.96. The number of carbonyl (C=O) groups is 3. The monoisotopic (exact) mass is 438 g/mol. The minimum atomic E-state index is -0.558. The Morgan fingerprint density at radius 1 is 1.03 bits per heavy atom. The van der Waals surface area contributed by atoms with Crippen LogP contribution in [0.3, 0.4) is 0 Å². The molecule has 0 aliphatic carbocycles. The molecule has 5 rings (SSSR count). The van der Waals surface area contributed by atoms with E-state index in [0.717, 1.165) is 36.3 Å². The van der Waals surface area contributed by atoms with Crippen molar-refractivity contribution in [2.24, 2.45) is 5.92 Å². The number of carbonyl (C=O) groups excluding carboxylic acids is 3. The maximum atomic E-state index is 13.5. The summed E-state index contributed by atoms with van der Waals surface area (Å²) in [7, 11) is 0. The van der Waals surface area contributed by atoms with Crippen LogP contribution >= 0.6 is 0 Å². The van der Waals surface area contributed by atoms with E-state index in [9.17, 15) is 14.4 Å². The summed E-state index contributed by atoms with van der Waals surface area (Å²) in [4.78, 5) is 41.8. The number of nitrogens with one attached hydrogen (secondary N) is 2. The minimum Gasteiger partial charge on any atom is -0.322 e. The van der Waals surface area contributed by atoms with Crippen LogP contribution in [0.25, 0.3) is 0 Å². The van der Waals surface area contributed by atoms with Gasteiger partial charge in [-0.1, -0.05) is 24.6 Å². The molecule has 3 saturated heterocycles. The van der Waals surface area contributed by atoms with Gasteiger partial charge in [-0.3, -0.25) is 24.6 Å². The highest BCUT2D eigenvalue weighted by Crippen LogP contribution is 2.35. The Hall–Kier alpha value is -2.25. The van der Waals surface area contributed by atoms with Crippen LogP contribution in [0.1, 0.15) is 73.4 Å². The van der Waals surface area contributed by atoms with Crippen molar-refractivity contribution in [1.29, 1.82) is 0 Å². The first kappa shape index (κ1) is 21.6. The zero-order valence-corrected chi connectivity index (χ0v) is 18.9. The third-order valence-corrected chi connectivity index (χ3v) is 8.03. The van der Waals surface area contributed by atoms with E-state index >= 15 is 0 Å². The molecule has 7 nitrogen and oxygen atoms in total. The second kappa shape index (κ2) is 8.94. The van der Waals surface area contributed by atoms with Crippen molar-refractivity contribution in [2.45, 2.75) is 83.1 Å². The normalized spacial score (nSPS) is 29.8. The molecule has 0 saturated carbocycles. The van der Waals surface area contributed by atoms with Gasteiger partial charge in [-0.15, -0.1) is 0 Å². The highest BCUT2D eigenvalue weighted by atomic mass is 16.2. The van der Waals surface area contributed by atoms with E-state index in [1.165, 1.54) is 32.1 Å². The van der Waals surface area contributed by atoms with Crippen LogP contribution in [0.2, 0.25) is 0 Å². The fraction of sp³-hybridized carbons (Fsp3) is 0.640. The van der Waals surface area contributed by atoms with Gasteiger partial charge in [0, 0.05) is 37.2 Å². The van der Waals surface area contributed by atoms with Crippen molar-refractivity contribution >= 4 is 17.7 Å². The third-order valence-electron chi connectivity index (χ3n) is 8.03. The first-order chi connectivity index (χ1) is 15.5. The molecule has 7 heteroatoms. The molecule has 0 spiro atoms. The molecule has 32 heavy (non-hydrogen) atoms. The van der Waals surface area contributed by atoms with Gasteiger partial charge < -0.3 is 10.2 Å². The largest absolute Gasteiger partial charge is 0.322 e. The van der Waals surface area contributed by atoms with E-state index < -0.39 is 6.04 Å². The average molecular weight is 439 g/mol. The Morgan fingerprint density at radius 2 is 1.84 bits per heavy atom. The smallest absolute Gasteiger partial charge is 0.255 e. The predicted octanol–water partition coefficient (Wildman–Crippen LogP) is 2.19. The van der Waals surface area contributed by atoms with Crippen LogP contribution in [0.4, 0.5) is 0 Å². The molecule has 4 aliphatic heterocycles. The van der Waals surface area contributed by atoms with Gasteiger partial charge in [0.25, 0.3) is 5.91 Å². The predicted molar refractivity (Wildman–Crippen MR) is 121 cm³/mol. The number of hydrogen-bond acceptors (Lipinski definition) is 5. The first-order valence-electron chi connectivity index (χ1n) is 12.2. The van der Waals surface area contributed by atoms with E-state index in [1.54, 1.807) is 4.90 Å². The number of hydrogen-bond donors (Lipinski definition) is 2. The number of amides is 3. The number of nitrogens with zero attached hydrogens (tertiary/aromatic N) is 2. The van der Waals surface area contributed by atoms with E-state index in [0.29, 0.717) is 31.0 Å². The Bertz CT molecular complexity index is 910. The fourth-order valence-electron chi connectivity index (χ4n) is 6.31. The van der Waals surface area contributed by atoms with Gasteiger partial charge >= 0.3 is 0 Å². The third kappa shape index (κ3) is 3.97. The zero-order chi connectivity index (χ0) is 22.2. The number of benzene rings is 1. The Morgan fingerprint density at radius 3 is 2.62 bits per heavy atom. The van der Waals surface area contributed by atoms with Crippen LogP contribution in [0.15, 0.2) is 18.2 Å². The van der Waals surface area contributed by atoms with Gasteiger partial charge in [0.2, 0.25) is 11.8 Å². The summed E-state index contributed by atoms with van der Waals surface area (Å²) < 4.78 is 0. The van der Waals surface area contributed by atoms with E-state index in [2.05, 4.69) is 28.5 Å². The molecule has 0 radical (unpaired) electrons. The number of likely N-dealkylation sites (tertiary alicyclic amines) is 1. The van der Waals surface area contributed by atoms with Gasteiger partial charge in [-0.2, -0.15) is 0 Å². The Balaban J connectivity index is 1.38. The van der Waals surface area contributed by atoms with Gasteiger partial charge in [-0.05, 0) is 69.2 Å². The Kier molecular flexibility index (Phi) is 6.03. The van der Waals surface area contributed by atoms with Gasteiger partial charge in [0.15, 0.2) is 0 Å². The molecular weight excluding hydrogens is 404 g/mol. The highest BCUT2D eigenvalue weighted by Gasteiger charge is 2.41. The van der Waals surface area contributed by atoms with Crippen molar-refractivity contribution in [1.82, 2.24) is 20.4 Å².